The molecule has 0 unspecified atom stereocenters. The second-order valence-corrected chi connectivity index (χ2v) is 8.10. The molecule has 0 amide bonds. The van der Waals surface area contributed by atoms with Crippen molar-refractivity contribution < 1.29 is 13.5 Å². The summed E-state index contributed by atoms with van der Waals surface area (Å²) in [5, 5.41) is 11.3. The molecule has 1 aromatic heterocycles. The van der Waals surface area contributed by atoms with Crippen LogP contribution in [0.3, 0.4) is 0 Å². The Kier molecular flexibility index (Phi) is 10.6. The summed E-state index contributed by atoms with van der Waals surface area (Å²) < 4.78 is 29.8. The van der Waals surface area contributed by atoms with Crippen LogP contribution < -0.4 is 15.4 Å². The topological polar surface area (TPSA) is 48.9 Å². The molecule has 1 saturated heterocycles. The molecule has 3 rings (SSSR count). The third-order valence-electron chi connectivity index (χ3n) is 4.82. The number of halogens is 4. The molecule has 166 valence electrons. The molecule has 2 N–H and O–H groups in total. The zero-order valence-corrected chi connectivity index (χ0v) is 20.5. The number of rotatable bonds is 7. The van der Waals surface area contributed by atoms with E-state index in [0.717, 1.165) is 32.5 Å². The van der Waals surface area contributed by atoms with Crippen LogP contribution in [-0.4, -0.2) is 43.6 Å². The highest BCUT2D eigenvalue weighted by atomic mass is 127. The average Bonchev–Trinajstić information content (AvgIpc) is 3.21. The molecule has 1 aliphatic rings. The number of guanidine groups is 1. The molecule has 0 atom stereocenters. The quantitative estimate of drug-likeness (QED) is 0.281. The van der Waals surface area contributed by atoms with Crippen LogP contribution in [0.15, 0.2) is 40.0 Å². The van der Waals surface area contributed by atoms with Gasteiger partial charge >= 0.3 is 6.61 Å². The maximum Gasteiger partial charge on any atom is 0.387 e. The first-order valence-electron chi connectivity index (χ1n) is 9.47. The largest absolute Gasteiger partial charge is 0.434 e. The summed E-state index contributed by atoms with van der Waals surface area (Å²) in [6.07, 6.45) is 2.03. The first-order chi connectivity index (χ1) is 14.0. The lowest BCUT2D eigenvalue weighted by Crippen LogP contribution is -2.48. The van der Waals surface area contributed by atoms with Gasteiger partial charge in [0, 0.05) is 49.9 Å². The molecular formula is C20H26ClF2IN4OS. The minimum absolute atomic E-state index is 0. The van der Waals surface area contributed by atoms with E-state index in [0.29, 0.717) is 22.6 Å². The molecule has 0 bridgehead atoms. The van der Waals surface area contributed by atoms with Crippen LogP contribution in [0.4, 0.5) is 8.78 Å². The zero-order chi connectivity index (χ0) is 20.6. The third kappa shape index (κ3) is 7.82. The Hall–Kier alpha value is -1.17. The molecule has 2 heterocycles. The number of hydrogen-bond acceptors (Lipinski definition) is 4. The van der Waals surface area contributed by atoms with E-state index in [1.807, 2.05) is 0 Å². The monoisotopic (exact) mass is 570 g/mol. The van der Waals surface area contributed by atoms with E-state index < -0.39 is 6.61 Å². The lowest BCUT2D eigenvalue weighted by molar-refractivity contribution is -0.0504. The van der Waals surface area contributed by atoms with Gasteiger partial charge in [0.2, 0.25) is 0 Å². The minimum atomic E-state index is -2.88. The number of nitrogens with one attached hydrogen (secondary N) is 2. The zero-order valence-electron chi connectivity index (χ0n) is 16.6. The van der Waals surface area contributed by atoms with Gasteiger partial charge in [0.15, 0.2) is 5.96 Å². The van der Waals surface area contributed by atoms with Crippen molar-refractivity contribution in [1.29, 1.82) is 0 Å². The maximum absolute atomic E-state index is 12.6. The molecule has 5 nitrogen and oxygen atoms in total. The Balaban J connectivity index is 0.00000320. The van der Waals surface area contributed by atoms with Gasteiger partial charge in [-0.05, 0) is 53.4 Å². The fraction of sp³-hybridized carbons (Fsp3) is 0.450. The van der Waals surface area contributed by atoms with Gasteiger partial charge in [-0.1, -0.05) is 11.6 Å². The standard InChI is InChI=1S/C20H25ClF2N4OS.HI/c1-24-20(25-11-15-10-16(21)2-3-18(15)28-19(22)23)26-17-4-7-27(8-5-17)12-14-6-9-29-13-14;/h2-3,6,9-10,13,17,19H,4-5,7-8,11-12H2,1H3,(H2,24,25,26);1H. The van der Waals surface area contributed by atoms with Crippen LogP contribution in [0, 0.1) is 0 Å². The number of hydrogen-bond donors (Lipinski definition) is 2. The number of piperidine rings is 1. The molecule has 2 aromatic rings. The molecule has 30 heavy (non-hydrogen) atoms. The van der Waals surface area contributed by atoms with Crippen LogP contribution >= 0.6 is 46.9 Å². The number of aliphatic imine (C=N–C) groups is 1. The van der Waals surface area contributed by atoms with Gasteiger partial charge in [0.25, 0.3) is 0 Å². The van der Waals surface area contributed by atoms with Gasteiger partial charge in [-0.15, -0.1) is 24.0 Å². The second kappa shape index (κ2) is 12.6. The lowest BCUT2D eigenvalue weighted by atomic mass is 10.0. The first kappa shape index (κ1) is 25.1. The summed E-state index contributed by atoms with van der Waals surface area (Å²) in [6, 6.07) is 7.08. The number of thiophene rings is 1. The van der Waals surface area contributed by atoms with Crippen molar-refractivity contribution in [3.63, 3.8) is 0 Å². The van der Waals surface area contributed by atoms with Crippen LogP contribution in [0.5, 0.6) is 5.75 Å². The molecule has 1 aliphatic heterocycles. The Morgan fingerprint density at radius 3 is 2.73 bits per heavy atom. The van der Waals surface area contributed by atoms with Crippen molar-refractivity contribution in [2.24, 2.45) is 4.99 Å². The number of alkyl halides is 2. The Morgan fingerprint density at radius 2 is 2.10 bits per heavy atom. The fourth-order valence-electron chi connectivity index (χ4n) is 3.34. The SMILES string of the molecule is CN=C(NCc1cc(Cl)ccc1OC(F)F)NC1CCN(Cc2ccsc2)CC1.I. The van der Waals surface area contributed by atoms with Gasteiger partial charge in [0.05, 0.1) is 0 Å². The Labute approximate surface area is 201 Å². The van der Waals surface area contributed by atoms with E-state index in [1.54, 1.807) is 24.5 Å². The third-order valence-corrected chi connectivity index (χ3v) is 5.79. The molecule has 1 aromatic carbocycles. The van der Waals surface area contributed by atoms with Gasteiger partial charge in [0.1, 0.15) is 5.75 Å². The van der Waals surface area contributed by atoms with Crippen molar-refractivity contribution in [3.8, 4) is 5.75 Å². The van der Waals surface area contributed by atoms with E-state index in [4.69, 9.17) is 11.6 Å². The highest BCUT2D eigenvalue weighted by molar-refractivity contribution is 14.0. The van der Waals surface area contributed by atoms with Crippen molar-refractivity contribution >= 4 is 52.9 Å². The summed E-state index contributed by atoms with van der Waals surface area (Å²) in [5.41, 5.74) is 1.91. The summed E-state index contributed by atoms with van der Waals surface area (Å²) in [5.74, 6) is 0.735. The predicted octanol–water partition coefficient (Wildman–Crippen LogP) is 4.95. The Morgan fingerprint density at radius 1 is 1.33 bits per heavy atom. The van der Waals surface area contributed by atoms with Gasteiger partial charge < -0.3 is 15.4 Å². The van der Waals surface area contributed by atoms with Crippen molar-refractivity contribution in [3.05, 3.63) is 51.2 Å². The average molecular weight is 571 g/mol. The van der Waals surface area contributed by atoms with Gasteiger partial charge in [-0.3, -0.25) is 9.89 Å². The molecule has 1 fully saturated rings. The molecular weight excluding hydrogens is 545 g/mol. The van der Waals surface area contributed by atoms with Gasteiger partial charge in [-0.25, -0.2) is 0 Å². The molecule has 0 aliphatic carbocycles. The van der Waals surface area contributed by atoms with Crippen LogP contribution in [0.25, 0.3) is 0 Å². The molecule has 0 spiro atoms. The smallest absolute Gasteiger partial charge is 0.387 e. The fourth-order valence-corrected chi connectivity index (χ4v) is 4.19. The van der Waals surface area contributed by atoms with Gasteiger partial charge in [-0.2, -0.15) is 20.1 Å². The van der Waals surface area contributed by atoms with Crippen molar-refractivity contribution in [2.45, 2.75) is 38.6 Å². The number of likely N-dealkylation sites (tertiary alicyclic amines) is 1. The summed E-state index contributed by atoms with van der Waals surface area (Å²) in [7, 11) is 1.69. The second-order valence-electron chi connectivity index (χ2n) is 6.88. The number of ether oxygens (including phenoxy) is 1. The molecule has 0 saturated carbocycles. The minimum Gasteiger partial charge on any atom is -0.434 e. The first-order valence-corrected chi connectivity index (χ1v) is 10.8. The highest BCUT2D eigenvalue weighted by Gasteiger charge is 2.20. The van der Waals surface area contributed by atoms with E-state index in [-0.39, 0.29) is 36.3 Å². The van der Waals surface area contributed by atoms with Crippen LogP contribution in [0.2, 0.25) is 5.02 Å². The van der Waals surface area contributed by atoms with E-state index >= 15 is 0 Å². The van der Waals surface area contributed by atoms with Crippen molar-refractivity contribution in [2.75, 3.05) is 20.1 Å². The normalized spacial score (nSPS) is 15.7. The van der Waals surface area contributed by atoms with E-state index in [1.165, 1.54) is 17.7 Å². The Bertz CT molecular complexity index is 802. The lowest BCUT2D eigenvalue weighted by Gasteiger charge is -2.33. The molecule has 10 heteroatoms. The summed E-state index contributed by atoms with van der Waals surface area (Å²) in [6.45, 7) is 0.423. The number of nitrogens with zero attached hydrogens (tertiary/aromatic N) is 2. The number of benzene rings is 1. The predicted molar refractivity (Wildman–Crippen MR) is 129 cm³/mol. The maximum atomic E-state index is 12.6. The van der Waals surface area contributed by atoms with E-state index in [2.05, 4.69) is 42.1 Å². The summed E-state index contributed by atoms with van der Waals surface area (Å²) >= 11 is 7.73. The van der Waals surface area contributed by atoms with Crippen LogP contribution in [-0.2, 0) is 13.1 Å². The van der Waals surface area contributed by atoms with Crippen molar-refractivity contribution in [1.82, 2.24) is 15.5 Å². The highest BCUT2D eigenvalue weighted by Crippen LogP contribution is 2.24. The van der Waals surface area contributed by atoms with E-state index in [9.17, 15) is 8.78 Å². The van der Waals surface area contributed by atoms with Crippen LogP contribution in [0.1, 0.15) is 24.0 Å². The summed E-state index contributed by atoms with van der Waals surface area (Å²) in [4.78, 5) is 6.71. The molecule has 0 radical (unpaired) electrons.